The molecule has 2 aromatic carbocycles. The molecule has 2 aliphatic rings. The van der Waals surface area contributed by atoms with Crippen molar-refractivity contribution in [3.8, 4) is 0 Å². The van der Waals surface area contributed by atoms with Crippen LogP contribution in [0.2, 0.25) is 0 Å². The molecule has 0 radical (unpaired) electrons. The van der Waals surface area contributed by atoms with Crippen molar-refractivity contribution in [1.82, 2.24) is 39.3 Å². The fourth-order valence-electron chi connectivity index (χ4n) is 5.26. The highest BCUT2D eigenvalue weighted by Gasteiger charge is 2.34. The van der Waals surface area contributed by atoms with Crippen molar-refractivity contribution in [3.05, 3.63) is 101 Å². The van der Waals surface area contributed by atoms with Gasteiger partial charge < -0.3 is 20.2 Å². The Balaban J connectivity index is 0.000000156. The van der Waals surface area contributed by atoms with E-state index in [0.717, 1.165) is 55.5 Å². The van der Waals surface area contributed by atoms with Gasteiger partial charge in [0.05, 0.1) is 30.0 Å². The minimum atomic E-state index is -1.70. The maximum Gasteiger partial charge on any atom is 0.139 e. The van der Waals surface area contributed by atoms with Gasteiger partial charge in [0.15, 0.2) is 0 Å². The molecule has 0 saturated carbocycles. The maximum atomic E-state index is 14.1. The molecular weight excluding hydrogens is 586 g/mol. The fourth-order valence-corrected chi connectivity index (χ4v) is 6.18. The Bertz CT molecular complexity index is 1690. The number of amidine groups is 1. The van der Waals surface area contributed by atoms with Gasteiger partial charge in [-0.25, -0.2) is 33.1 Å². The number of nitrogens with zero attached hydrogens (tertiary/aromatic N) is 9. The lowest BCUT2D eigenvalue weighted by Gasteiger charge is -2.34. The van der Waals surface area contributed by atoms with Gasteiger partial charge in [-0.2, -0.15) is 10.2 Å². The van der Waals surface area contributed by atoms with Crippen molar-refractivity contribution in [2.24, 2.45) is 4.99 Å². The lowest BCUT2D eigenvalue weighted by molar-refractivity contribution is -0.00856. The van der Waals surface area contributed by atoms with Crippen LogP contribution in [0.1, 0.15) is 16.0 Å². The van der Waals surface area contributed by atoms with Crippen LogP contribution in [-0.4, -0.2) is 83.5 Å². The van der Waals surface area contributed by atoms with E-state index in [9.17, 15) is 13.9 Å². The Morgan fingerprint density at radius 3 is 2.25 bits per heavy atom. The predicted molar refractivity (Wildman–Crippen MR) is 164 cm³/mol. The van der Waals surface area contributed by atoms with E-state index >= 15 is 0 Å². The van der Waals surface area contributed by atoms with Gasteiger partial charge in [0.25, 0.3) is 0 Å². The lowest BCUT2D eigenvalue weighted by Crippen LogP contribution is -2.47. The number of fused-ring (bicyclic) bond motifs is 2. The second-order valence-corrected chi connectivity index (χ2v) is 12.1. The van der Waals surface area contributed by atoms with Crippen LogP contribution < -0.4 is 5.32 Å². The highest BCUT2D eigenvalue weighted by Crippen LogP contribution is 2.39. The standard InChI is InChI=1S/C17H20N4S.C13H12F2N6O/c1-12-11-13-16(21-9-7-20(2)8-10-21)18-14-5-3-4-6-15(14)19-17(13)22-12;14-10-1-2-11(12(15)3-10)13(22,4-20-8-16-6-18-20)5-21-9-17-7-19-21/h3-6,11,19H,7-10H2,1-2H3;1-3,6-9,22H,4-5H2. The first-order valence-electron chi connectivity index (χ1n) is 14.1. The molecule has 228 valence electrons. The molecule has 3 aromatic heterocycles. The quantitative estimate of drug-likeness (QED) is 0.302. The highest BCUT2D eigenvalue weighted by molar-refractivity contribution is 7.16. The number of aliphatic hydroxyl groups is 1. The number of nitrogens with one attached hydrogen (secondary N) is 1. The first-order chi connectivity index (χ1) is 21.3. The van der Waals surface area contributed by atoms with Crippen molar-refractivity contribution >= 4 is 33.5 Å². The van der Waals surface area contributed by atoms with Crippen molar-refractivity contribution in [2.45, 2.75) is 25.6 Å². The summed E-state index contributed by atoms with van der Waals surface area (Å²) in [5.74, 6) is -0.447. The lowest BCUT2D eigenvalue weighted by atomic mass is 9.93. The SMILES string of the molecule is Cc1cc2c(s1)Nc1ccccc1N=C2N1CCN(C)CC1.OC(Cn1cncn1)(Cn1cncn1)c1ccc(F)cc1F. The fraction of sp³-hybridized carbons (Fsp3) is 0.300. The summed E-state index contributed by atoms with van der Waals surface area (Å²) in [6.07, 6.45) is 5.40. The van der Waals surface area contributed by atoms with Gasteiger partial charge >= 0.3 is 0 Å². The third kappa shape index (κ3) is 6.51. The molecule has 11 nitrogen and oxygen atoms in total. The number of anilines is 2. The van der Waals surface area contributed by atoms with Gasteiger partial charge in [-0.15, -0.1) is 11.3 Å². The van der Waals surface area contributed by atoms with Gasteiger partial charge in [0.2, 0.25) is 0 Å². The van der Waals surface area contributed by atoms with Gasteiger partial charge in [0, 0.05) is 42.7 Å². The summed E-state index contributed by atoms with van der Waals surface area (Å²) in [7, 11) is 2.18. The van der Waals surface area contributed by atoms with Gasteiger partial charge in [0.1, 0.15) is 53.4 Å². The Kier molecular flexibility index (Phi) is 8.46. The third-order valence-corrected chi connectivity index (χ3v) is 8.46. The molecular formula is C30H32F2N10OS. The molecule has 0 atom stereocenters. The van der Waals surface area contributed by atoms with Gasteiger partial charge in [-0.3, -0.25) is 0 Å². The number of halogens is 2. The molecule has 44 heavy (non-hydrogen) atoms. The summed E-state index contributed by atoms with van der Waals surface area (Å²) in [6, 6.07) is 13.6. The normalized spacial score (nSPS) is 14.9. The largest absolute Gasteiger partial charge is 0.381 e. The van der Waals surface area contributed by atoms with Crippen molar-refractivity contribution in [1.29, 1.82) is 0 Å². The number of rotatable bonds is 5. The Labute approximate surface area is 257 Å². The van der Waals surface area contributed by atoms with E-state index in [1.165, 1.54) is 56.2 Å². The van der Waals surface area contributed by atoms with Crippen LogP contribution in [0.4, 0.5) is 25.2 Å². The molecule has 7 rings (SSSR count). The van der Waals surface area contributed by atoms with E-state index < -0.39 is 17.2 Å². The average Bonchev–Trinajstić information content (AvgIpc) is 3.75. The molecule has 14 heteroatoms. The molecule has 0 unspecified atom stereocenters. The van der Waals surface area contributed by atoms with Crippen LogP contribution in [-0.2, 0) is 18.7 Å². The van der Waals surface area contributed by atoms with Crippen LogP contribution >= 0.6 is 11.3 Å². The molecule has 2 aliphatic heterocycles. The molecule has 1 saturated heterocycles. The summed E-state index contributed by atoms with van der Waals surface area (Å²) in [4.78, 5) is 18.7. The molecule has 5 heterocycles. The number of hydrogen-bond donors (Lipinski definition) is 2. The van der Waals surface area contributed by atoms with E-state index in [4.69, 9.17) is 4.99 Å². The van der Waals surface area contributed by atoms with Gasteiger partial charge in [-0.1, -0.05) is 18.2 Å². The number of aliphatic imine (C=N–C) groups is 1. The second-order valence-electron chi connectivity index (χ2n) is 10.8. The summed E-state index contributed by atoms with van der Waals surface area (Å²) in [6.45, 7) is 6.26. The van der Waals surface area contributed by atoms with Crippen molar-refractivity contribution in [2.75, 3.05) is 38.5 Å². The van der Waals surface area contributed by atoms with Crippen LogP contribution in [0.15, 0.2) is 78.8 Å². The molecule has 2 N–H and O–H groups in total. The Morgan fingerprint density at radius 2 is 1.61 bits per heavy atom. The van der Waals surface area contributed by atoms with E-state index in [2.05, 4.69) is 79.6 Å². The average molecular weight is 619 g/mol. The molecule has 0 aliphatic carbocycles. The minimum absolute atomic E-state index is 0.0556. The number of thiophene rings is 1. The number of benzene rings is 2. The second kappa shape index (κ2) is 12.6. The Morgan fingerprint density at radius 1 is 0.932 bits per heavy atom. The van der Waals surface area contributed by atoms with Crippen LogP contribution in [0.5, 0.6) is 0 Å². The molecule has 0 spiro atoms. The predicted octanol–water partition coefficient (Wildman–Crippen LogP) is 4.18. The summed E-state index contributed by atoms with van der Waals surface area (Å²) < 4.78 is 29.9. The molecule has 0 bridgehead atoms. The van der Waals surface area contributed by atoms with E-state index in [-0.39, 0.29) is 18.7 Å². The first kappa shape index (κ1) is 29.5. The number of aryl methyl sites for hydroxylation is 1. The number of para-hydroxylation sites is 2. The molecule has 0 amide bonds. The minimum Gasteiger partial charge on any atom is -0.381 e. The summed E-state index contributed by atoms with van der Waals surface area (Å²) in [5, 5.41) is 23.5. The molecule has 5 aromatic rings. The smallest absolute Gasteiger partial charge is 0.139 e. The molecule has 1 fully saturated rings. The summed E-state index contributed by atoms with van der Waals surface area (Å²) >= 11 is 1.81. The summed E-state index contributed by atoms with van der Waals surface area (Å²) in [5.41, 5.74) is 1.61. The van der Waals surface area contributed by atoms with E-state index in [0.29, 0.717) is 0 Å². The van der Waals surface area contributed by atoms with Crippen molar-refractivity contribution in [3.63, 3.8) is 0 Å². The topological polar surface area (TPSA) is 113 Å². The van der Waals surface area contributed by atoms with E-state index in [1.807, 2.05) is 0 Å². The van der Waals surface area contributed by atoms with Crippen LogP contribution in [0.25, 0.3) is 0 Å². The zero-order valence-electron chi connectivity index (χ0n) is 24.3. The number of likely N-dealkylation sites (N-methyl/N-ethyl adjacent to an activating group) is 1. The zero-order chi connectivity index (χ0) is 30.7. The van der Waals surface area contributed by atoms with Crippen LogP contribution in [0, 0.1) is 18.6 Å². The van der Waals surface area contributed by atoms with Gasteiger partial charge in [-0.05, 0) is 38.2 Å². The Hall–Kier alpha value is -4.53. The number of aromatic nitrogens is 6. The number of piperazine rings is 1. The number of hydrogen-bond acceptors (Lipinski definition) is 10. The zero-order valence-corrected chi connectivity index (χ0v) is 25.1. The van der Waals surface area contributed by atoms with E-state index in [1.54, 1.807) is 11.3 Å². The van der Waals surface area contributed by atoms with Crippen LogP contribution in [0.3, 0.4) is 0 Å². The first-order valence-corrected chi connectivity index (χ1v) is 14.9. The monoisotopic (exact) mass is 618 g/mol. The highest BCUT2D eigenvalue weighted by atomic mass is 32.1. The third-order valence-electron chi connectivity index (χ3n) is 7.49. The van der Waals surface area contributed by atoms with Crippen molar-refractivity contribution < 1.29 is 13.9 Å². The maximum absolute atomic E-state index is 14.1.